The molecule has 0 aliphatic carbocycles. The van der Waals surface area contributed by atoms with Gasteiger partial charge in [0, 0.05) is 39.3 Å². The Morgan fingerprint density at radius 1 is 0.545 bits per heavy atom. The number of amides is 3. The predicted octanol–water partition coefficient (Wildman–Crippen LogP) is -0.215. The van der Waals surface area contributed by atoms with Crippen LogP contribution in [0.25, 0.3) is 0 Å². The van der Waals surface area contributed by atoms with Gasteiger partial charge in [-0.05, 0) is 41.5 Å². The highest BCUT2D eigenvalue weighted by molar-refractivity contribution is 5.78. The third kappa shape index (κ3) is 9.90. The SMILES string of the molecule is CC(C)N(O)C(=O)CN1CCN(CC(=O)N(O)C(C)C)CCN(CC(=O)N(O)C(C)C)CC1. The standard InChI is InChI=1S/C21H42N6O6/c1-16(2)25(31)19(28)13-22-7-9-23(14-20(29)26(32)17(3)4)11-12-24(10-8-22)15-21(30)27(33)18(5)6/h16-18,31-33H,7-15H2,1-6H3. The molecule has 1 aliphatic heterocycles. The van der Waals surface area contributed by atoms with Crippen LogP contribution in [0, 0.1) is 0 Å². The second-order valence-electron chi connectivity index (χ2n) is 9.32. The molecule has 3 amide bonds. The van der Waals surface area contributed by atoms with Crippen molar-refractivity contribution in [1.82, 2.24) is 29.9 Å². The predicted molar refractivity (Wildman–Crippen MR) is 121 cm³/mol. The van der Waals surface area contributed by atoms with Crippen LogP contribution in [0.1, 0.15) is 41.5 Å². The molecule has 1 rings (SSSR count). The van der Waals surface area contributed by atoms with Crippen LogP contribution in [0.2, 0.25) is 0 Å². The summed E-state index contributed by atoms with van der Waals surface area (Å²) in [4.78, 5) is 42.8. The van der Waals surface area contributed by atoms with Crippen molar-refractivity contribution < 1.29 is 30.0 Å². The first-order valence-corrected chi connectivity index (χ1v) is 11.5. The summed E-state index contributed by atoms with van der Waals surface area (Å²) in [6, 6.07) is -1.05. The Balaban J connectivity index is 2.94. The van der Waals surface area contributed by atoms with E-state index in [0.29, 0.717) is 54.5 Å². The number of rotatable bonds is 9. The second kappa shape index (κ2) is 13.8. The van der Waals surface area contributed by atoms with Crippen molar-refractivity contribution in [3.8, 4) is 0 Å². The largest absolute Gasteiger partial charge is 0.292 e. The maximum Gasteiger partial charge on any atom is 0.260 e. The van der Waals surface area contributed by atoms with Gasteiger partial charge in [-0.2, -0.15) is 0 Å². The Morgan fingerprint density at radius 2 is 0.727 bits per heavy atom. The lowest BCUT2D eigenvalue weighted by atomic mass is 10.3. The highest BCUT2D eigenvalue weighted by Gasteiger charge is 2.25. The molecule has 0 aromatic carbocycles. The zero-order chi connectivity index (χ0) is 25.3. The topological polar surface area (TPSA) is 131 Å². The molecule has 0 bridgehead atoms. The lowest BCUT2D eigenvalue weighted by Crippen LogP contribution is -2.46. The number of carbonyl (C=O) groups excluding carboxylic acids is 3. The van der Waals surface area contributed by atoms with Gasteiger partial charge in [0.05, 0.1) is 37.8 Å². The molecule has 12 nitrogen and oxygen atoms in total. The lowest BCUT2D eigenvalue weighted by Gasteiger charge is -2.28. The Hall–Kier alpha value is -1.83. The van der Waals surface area contributed by atoms with Gasteiger partial charge in [0.15, 0.2) is 0 Å². The molecular weight excluding hydrogens is 432 g/mol. The number of hydrogen-bond donors (Lipinski definition) is 3. The van der Waals surface area contributed by atoms with Gasteiger partial charge in [-0.1, -0.05) is 0 Å². The van der Waals surface area contributed by atoms with Gasteiger partial charge in [-0.25, -0.2) is 15.2 Å². The molecule has 1 fully saturated rings. The average molecular weight is 475 g/mol. The van der Waals surface area contributed by atoms with Crippen LogP contribution in [-0.4, -0.2) is 140 Å². The molecule has 0 aromatic heterocycles. The Morgan fingerprint density at radius 3 is 0.879 bits per heavy atom. The average Bonchev–Trinajstić information content (AvgIpc) is 2.83. The summed E-state index contributed by atoms with van der Waals surface area (Å²) < 4.78 is 0. The van der Waals surface area contributed by atoms with Crippen molar-refractivity contribution in [3.05, 3.63) is 0 Å². The normalized spacial score (nSPS) is 17.1. The third-order valence-corrected chi connectivity index (χ3v) is 5.51. The smallest absolute Gasteiger partial charge is 0.260 e. The van der Waals surface area contributed by atoms with Crippen LogP contribution in [0.3, 0.4) is 0 Å². The van der Waals surface area contributed by atoms with Crippen molar-refractivity contribution in [2.75, 3.05) is 58.9 Å². The first-order valence-electron chi connectivity index (χ1n) is 11.5. The summed E-state index contributed by atoms with van der Waals surface area (Å²) in [5.41, 5.74) is 0. The van der Waals surface area contributed by atoms with Gasteiger partial charge < -0.3 is 0 Å². The lowest BCUT2D eigenvalue weighted by molar-refractivity contribution is -0.175. The molecular formula is C21H42N6O6. The van der Waals surface area contributed by atoms with E-state index >= 15 is 0 Å². The zero-order valence-corrected chi connectivity index (χ0v) is 20.8. The molecule has 192 valence electrons. The van der Waals surface area contributed by atoms with Crippen molar-refractivity contribution in [2.24, 2.45) is 0 Å². The minimum Gasteiger partial charge on any atom is -0.292 e. The molecule has 3 N–H and O–H groups in total. The molecule has 0 spiro atoms. The highest BCUT2D eigenvalue weighted by atomic mass is 16.5. The fraction of sp³-hybridized carbons (Fsp3) is 0.857. The van der Waals surface area contributed by atoms with Crippen LogP contribution in [0.4, 0.5) is 0 Å². The van der Waals surface area contributed by atoms with E-state index in [1.165, 1.54) is 0 Å². The van der Waals surface area contributed by atoms with Gasteiger partial charge in [0.25, 0.3) is 17.7 Å². The highest BCUT2D eigenvalue weighted by Crippen LogP contribution is 2.06. The minimum atomic E-state index is -0.433. The maximum atomic E-state index is 12.4. The maximum absolute atomic E-state index is 12.4. The van der Waals surface area contributed by atoms with E-state index in [1.54, 1.807) is 41.5 Å². The zero-order valence-electron chi connectivity index (χ0n) is 20.8. The van der Waals surface area contributed by atoms with Gasteiger partial charge in [0.1, 0.15) is 0 Å². The quantitative estimate of drug-likeness (QED) is 0.307. The molecule has 33 heavy (non-hydrogen) atoms. The van der Waals surface area contributed by atoms with Crippen molar-refractivity contribution in [2.45, 2.75) is 59.7 Å². The van der Waals surface area contributed by atoms with Gasteiger partial charge in [0.2, 0.25) is 0 Å². The molecule has 1 aliphatic rings. The third-order valence-electron chi connectivity index (χ3n) is 5.51. The van der Waals surface area contributed by atoms with E-state index in [0.717, 1.165) is 0 Å². The van der Waals surface area contributed by atoms with E-state index in [-0.39, 0.29) is 37.8 Å². The van der Waals surface area contributed by atoms with E-state index < -0.39 is 17.7 Å². The molecule has 0 atom stereocenters. The number of carbonyl (C=O) groups is 3. The first kappa shape index (κ1) is 29.2. The summed E-state index contributed by atoms with van der Waals surface area (Å²) in [5.74, 6) is -1.30. The summed E-state index contributed by atoms with van der Waals surface area (Å²) in [6.45, 7) is 13.1. The summed E-state index contributed by atoms with van der Waals surface area (Å²) >= 11 is 0. The van der Waals surface area contributed by atoms with Crippen LogP contribution >= 0.6 is 0 Å². The van der Waals surface area contributed by atoms with Crippen molar-refractivity contribution in [3.63, 3.8) is 0 Å². The first-order chi connectivity index (χ1) is 15.3. The van der Waals surface area contributed by atoms with Crippen molar-refractivity contribution in [1.29, 1.82) is 0 Å². The fourth-order valence-electron chi connectivity index (χ4n) is 3.31. The monoisotopic (exact) mass is 474 g/mol. The minimum absolute atomic E-state index is 0.00547. The van der Waals surface area contributed by atoms with Crippen molar-refractivity contribution >= 4 is 17.7 Å². The van der Waals surface area contributed by atoms with Crippen LogP contribution in [0.5, 0.6) is 0 Å². The Labute approximate surface area is 196 Å². The Kier molecular flexibility index (Phi) is 12.2. The molecule has 1 saturated heterocycles. The van der Waals surface area contributed by atoms with E-state index in [1.807, 2.05) is 14.7 Å². The van der Waals surface area contributed by atoms with Gasteiger partial charge in [-0.3, -0.25) is 44.7 Å². The molecule has 12 heteroatoms. The molecule has 0 radical (unpaired) electrons. The van der Waals surface area contributed by atoms with Gasteiger partial charge in [-0.15, -0.1) is 0 Å². The van der Waals surface area contributed by atoms with E-state index in [2.05, 4.69) is 0 Å². The van der Waals surface area contributed by atoms with Crippen LogP contribution in [0.15, 0.2) is 0 Å². The molecule has 0 aromatic rings. The van der Waals surface area contributed by atoms with Crippen LogP contribution in [-0.2, 0) is 14.4 Å². The summed E-state index contributed by atoms with van der Waals surface area (Å²) in [5, 5.41) is 32.0. The Bertz CT molecular complexity index is 549. The molecule has 0 unspecified atom stereocenters. The number of hydrogen-bond acceptors (Lipinski definition) is 9. The molecule has 1 heterocycles. The second-order valence-corrected chi connectivity index (χ2v) is 9.32. The van der Waals surface area contributed by atoms with E-state index in [4.69, 9.17) is 0 Å². The van der Waals surface area contributed by atoms with E-state index in [9.17, 15) is 30.0 Å². The summed E-state index contributed by atoms with van der Waals surface area (Å²) in [7, 11) is 0. The van der Waals surface area contributed by atoms with Gasteiger partial charge >= 0.3 is 0 Å². The number of hydroxylamine groups is 6. The molecule has 0 saturated carbocycles. The summed E-state index contributed by atoms with van der Waals surface area (Å²) in [6.07, 6.45) is 0. The number of nitrogens with zero attached hydrogens (tertiary/aromatic N) is 6. The van der Waals surface area contributed by atoms with Crippen LogP contribution < -0.4 is 0 Å². The fourth-order valence-corrected chi connectivity index (χ4v) is 3.31.